The van der Waals surface area contributed by atoms with E-state index in [1.807, 2.05) is 13.8 Å². The van der Waals surface area contributed by atoms with E-state index in [2.05, 4.69) is 26.5 Å². The second-order valence-corrected chi connectivity index (χ2v) is 13.8. The van der Waals surface area contributed by atoms with Crippen molar-refractivity contribution >= 4 is 35.9 Å². The quantitative estimate of drug-likeness (QED) is 0.219. The van der Waals surface area contributed by atoms with Crippen LogP contribution in [-0.2, 0) is 14.3 Å². The number of allylic oxidation sites excluding steroid dienone is 2. The predicted octanol–water partition coefficient (Wildman–Crippen LogP) is 5.34. The molecular formula is C34H43N5O5. The minimum atomic E-state index is -0.625. The summed E-state index contributed by atoms with van der Waals surface area (Å²) in [7, 11) is 0. The number of nitro benzene ring substituents is 1. The third kappa shape index (κ3) is 6.41. The zero-order chi connectivity index (χ0) is 30.8. The van der Waals surface area contributed by atoms with Crippen molar-refractivity contribution in [1.29, 1.82) is 0 Å². The fraction of sp³-hybridized carbons (Fsp3) is 0.588. The first-order chi connectivity index (χ1) is 21.2. The molecule has 44 heavy (non-hydrogen) atoms. The average Bonchev–Trinajstić information content (AvgIpc) is 3.39. The minimum absolute atomic E-state index is 0.0548. The van der Waals surface area contributed by atoms with Crippen LogP contribution < -0.4 is 5.32 Å². The maximum absolute atomic E-state index is 13.6. The number of benzene rings is 1. The van der Waals surface area contributed by atoms with E-state index in [9.17, 15) is 19.7 Å². The monoisotopic (exact) mass is 601 g/mol. The molecule has 0 aromatic heterocycles. The first kappa shape index (κ1) is 30.4. The number of rotatable bonds is 10. The van der Waals surface area contributed by atoms with Gasteiger partial charge in [0.05, 0.1) is 36.6 Å². The third-order valence-electron chi connectivity index (χ3n) is 10.3. The Hall–Kier alpha value is -3.66. The first-order valence-corrected chi connectivity index (χ1v) is 16.1. The van der Waals surface area contributed by atoms with Gasteiger partial charge in [-0.25, -0.2) is 0 Å². The van der Waals surface area contributed by atoms with Crippen LogP contribution in [0.4, 0.5) is 5.69 Å². The molecule has 1 aromatic rings. The molecule has 1 N–H and O–H groups in total. The molecule has 1 unspecified atom stereocenters. The summed E-state index contributed by atoms with van der Waals surface area (Å²) in [6.45, 7) is 6.69. The van der Waals surface area contributed by atoms with Crippen molar-refractivity contribution in [3.05, 3.63) is 56.8 Å². The molecule has 1 aliphatic heterocycles. The number of morpholine rings is 1. The van der Waals surface area contributed by atoms with Crippen LogP contribution in [0, 0.1) is 39.2 Å². The Balaban J connectivity index is 1.15. The lowest BCUT2D eigenvalue weighted by Gasteiger charge is -2.55. The van der Waals surface area contributed by atoms with Gasteiger partial charge in [-0.2, -0.15) is 10.2 Å². The van der Waals surface area contributed by atoms with Crippen molar-refractivity contribution < 1.29 is 19.2 Å². The number of non-ortho nitro benzene ring substituents is 1. The van der Waals surface area contributed by atoms with Gasteiger partial charge in [0.1, 0.15) is 0 Å². The summed E-state index contributed by atoms with van der Waals surface area (Å²) in [5.74, 6) is 1.74. The normalized spacial score (nSPS) is 29.8. The van der Waals surface area contributed by atoms with Crippen LogP contribution in [0.3, 0.4) is 0 Å². The number of nitro groups is 1. The van der Waals surface area contributed by atoms with E-state index in [0.717, 1.165) is 67.6 Å². The highest BCUT2D eigenvalue weighted by Gasteiger charge is 2.55. The highest BCUT2D eigenvalue weighted by atomic mass is 16.6. The number of Topliss-reactive ketones (excluding diaryl/α,β-unsaturated/α-hetero) is 1. The Labute approximate surface area is 258 Å². The van der Waals surface area contributed by atoms with E-state index in [0.29, 0.717) is 31.0 Å². The molecule has 1 heterocycles. The van der Waals surface area contributed by atoms with Crippen molar-refractivity contribution in [3.8, 4) is 0 Å². The van der Waals surface area contributed by atoms with Crippen LogP contribution in [0.15, 0.2) is 51.3 Å². The van der Waals surface area contributed by atoms with Crippen LogP contribution in [0.2, 0.25) is 0 Å². The van der Waals surface area contributed by atoms with Crippen LogP contribution in [0.5, 0.6) is 0 Å². The molecule has 0 radical (unpaired) electrons. The molecule has 4 bridgehead atoms. The number of hydrogen-bond acceptors (Lipinski definition) is 8. The smallest absolute Gasteiger partial charge is 0.269 e. The molecule has 0 spiro atoms. The molecule has 6 aliphatic rings. The van der Waals surface area contributed by atoms with Crippen molar-refractivity contribution in [2.24, 2.45) is 39.3 Å². The van der Waals surface area contributed by atoms with Crippen molar-refractivity contribution in [3.63, 3.8) is 0 Å². The van der Waals surface area contributed by atoms with E-state index >= 15 is 0 Å². The lowest BCUT2D eigenvalue weighted by molar-refractivity contribution is -0.384. The number of carbonyl (C=O) groups excluding carboxylic acids is 2. The Morgan fingerprint density at radius 2 is 1.66 bits per heavy atom. The van der Waals surface area contributed by atoms with E-state index in [1.54, 1.807) is 18.3 Å². The summed E-state index contributed by atoms with van der Waals surface area (Å²) in [5, 5.41) is 22.6. The van der Waals surface area contributed by atoms with Crippen molar-refractivity contribution in [2.75, 3.05) is 26.3 Å². The highest BCUT2D eigenvalue weighted by Crippen LogP contribution is 2.60. The zero-order valence-electron chi connectivity index (χ0n) is 25.7. The lowest BCUT2D eigenvalue weighted by atomic mass is 9.49. The van der Waals surface area contributed by atoms with Gasteiger partial charge in [-0.05, 0) is 110 Å². The van der Waals surface area contributed by atoms with Crippen molar-refractivity contribution in [2.45, 2.75) is 71.3 Å². The Morgan fingerprint density at radius 1 is 1.02 bits per heavy atom. The van der Waals surface area contributed by atoms with E-state index in [4.69, 9.17) is 4.74 Å². The van der Waals surface area contributed by atoms with Gasteiger partial charge >= 0.3 is 0 Å². The second-order valence-electron chi connectivity index (χ2n) is 13.8. The molecule has 5 aliphatic carbocycles. The van der Waals surface area contributed by atoms with Crippen LogP contribution in [0.25, 0.3) is 6.08 Å². The largest absolute Gasteiger partial charge is 0.378 e. The summed E-state index contributed by atoms with van der Waals surface area (Å²) in [5.41, 5.74) is 3.90. The van der Waals surface area contributed by atoms with Gasteiger partial charge in [-0.1, -0.05) is 13.8 Å². The molecule has 5 fully saturated rings. The van der Waals surface area contributed by atoms with Gasteiger partial charge < -0.3 is 15.0 Å². The Kier molecular flexibility index (Phi) is 8.80. The van der Waals surface area contributed by atoms with Gasteiger partial charge in [-0.15, -0.1) is 0 Å². The molecular weight excluding hydrogens is 558 g/mol. The van der Waals surface area contributed by atoms with Crippen LogP contribution >= 0.6 is 0 Å². The average molecular weight is 602 g/mol. The van der Waals surface area contributed by atoms with Crippen LogP contribution in [0.1, 0.15) is 70.8 Å². The Bertz CT molecular complexity index is 1370. The van der Waals surface area contributed by atoms with Gasteiger partial charge in [0.25, 0.3) is 5.69 Å². The molecule has 1 saturated heterocycles. The van der Waals surface area contributed by atoms with Gasteiger partial charge in [0, 0.05) is 36.3 Å². The summed E-state index contributed by atoms with van der Waals surface area (Å²) >= 11 is 0. The molecule has 1 amide bonds. The predicted molar refractivity (Wildman–Crippen MR) is 169 cm³/mol. The van der Waals surface area contributed by atoms with E-state index in [1.165, 1.54) is 37.6 Å². The number of carbonyl (C=O) groups is 2. The molecule has 1 aromatic carbocycles. The van der Waals surface area contributed by atoms with Gasteiger partial charge in [0.2, 0.25) is 5.91 Å². The maximum Gasteiger partial charge on any atom is 0.269 e. The minimum Gasteiger partial charge on any atom is -0.378 e. The molecule has 7 rings (SSSR count). The van der Waals surface area contributed by atoms with Crippen molar-refractivity contribution in [1.82, 2.24) is 10.2 Å². The zero-order valence-corrected chi connectivity index (χ0v) is 25.7. The van der Waals surface area contributed by atoms with Crippen LogP contribution in [-0.4, -0.2) is 66.3 Å². The fourth-order valence-corrected chi connectivity index (χ4v) is 8.59. The fourth-order valence-electron chi connectivity index (χ4n) is 8.59. The number of hydrogen-bond donors (Lipinski definition) is 1. The number of ketones is 1. The summed E-state index contributed by atoms with van der Waals surface area (Å²) in [4.78, 5) is 39.8. The third-order valence-corrected chi connectivity index (χ3v) is 10.3. The molecule has 10 heteroatoms. The first-order valence-electron chi connectivity index (χ1n) is 16.1. The number of amides is 1. The van der Waals surface area contributed by atoms with Gasteiger partial charge in [-0.3, -0.25) is 19.7 Å². The number of nitrogens with zero attached hydrogens (tertiary/aromatic N) is 4. The standard InChI is InChI=1S/C34H43N5O5/c1-22(2)31(37-33(41)34-17-24-13-25(18-34)15-26(14-24)19-34)30(40)21-36-35-20-28-6-5-27(32(28)38-9-11-44-12-10-38)16-23-3-7-29(8-4-23)39(42)43/h3-4,7-8,16,20-22,24-26,31H,5-6,9-15,17-19H2,1-2H3,(H,37,41). The molecule has 10 nitrogen and oxygen atoms in total. The lowest BCUT2D eigenvalue weighted by Crippen LogP contribution is -2.57. The molecule has 234 valence electrons. The van der Waals surface area contributed by atoms with Gasteiger partial charge in [0.15, 0.2) is 5.78 Å². The summed E-state index contributed by atoms with van der Waals surface area (Å²) < 4.78 is 5.57. The second kappa shape index (κ2) is 12.8. The van der Waals surface area contributed by atoms with E-state index in [-0.39, 0.29) is 28.7 Å². The highest BCUT2D eigenvalue weighted by molar-refractivity contribution is 6.30. The maximum atomic E-state index is 13.6. The number of ether oxygens (including phenoxy) is 1. The van der Waals surface area contributed by atoms with E-state index < -0.39 is 11.0 Å². The SMILES string of the molecule is CC(C)C(NC(=O)C12CC3CC(CC(C3)C1)C2)C(=O)C=NN=CC1=C(N2CCOCC2)C(=Cc2ccc([N+](=O)[O-])cc2)CC1. The molecule has 4 saturated carbocycles. The molecule has 1 atom stereocenters. The Morgan fingerprint density at radius 3 is 2.25 bits per heavy atom. The summed E-state index contributed by atoms with van der Waals surface area (Å²) in [6, 6.07) is 5.93. The summed E-state index contributed by atoms with van der Waals surface area (Å²) in [6.07, 6.45) is 13.3. The topological polar surface area (TPSA) is 126 Å². The number of nitrogens with one attached hydrogen (secondary N) is 1.